The van der Waals surface area contributed by atoms with Gasteiger partial charge in [-0.05, 0) is 39.8 Å². The minimum atomic E-state index is 0.0311. The highest BCUT2D eigenvalue weighted by molar-refractivity contribution is 5.83. The van der Waals surface area contributed by atoms with E-state index in [0.29, 0.717) is 26.2 Å². The first-order valence-electron chi connectivity index (χ1n) is 11.0. The number of nitrogens with zero attached hydrogens (tertiary/aromatic N) is 3. The van der Waals surface area contributed by atoms with Crippen molar-refractivity contribution in [3.8, 4) is 0 Å². The molecule has 1 aromatic heterocycles. The van der Waals surface area contributed by atoms with Crippen molar-refractivity contribution in [2.45, 2.75) is 52.6 Å². The standard InChI is InChI=1S/C24H35N3O3/c1-6-21-20(19-9-7-8-10-22(19)30-21)15-25(4)16-23(28)27-13-11-18(12-14-27)24(29)26(5)17(2)3/h7-10,17-18H,6,11-16H2,1-5H3. The summed E-state index contributed by atoms with van der Waals surface area (Å²) in [5.74, 6) is 1.35. The maximum atomic E-state index is 12.8. The smallest absolute Gasteiger partial charge is 0.236 e. The van der Waals surface area contributed by atoms with Crippen LogP contribution in [0, 0.1) is 5.92 Å². The van der Waals surface area contributed by atoms with Gasteiger partial charge in [0, 0.05) is 56.0 Å². The topological polar surface area (TPSA) is 57.0 Å². The van der Waals surface area contributed by atoms with E-state index in [1.165, 1.54) is 5.56 Å². The fraction of sp³-hybridized carbons (Fsp3) is 0.583. The van der Waals surface area contributed by atoms with Crippen LogP contribution >= 0.6 is 0 Å². The van der Waals surface area contributed by atoms with Crippen molar-refractivity contribution in [2.75, 3.05) is 33.7 Å². The van der Waals surface area contributed by atoms with Crippen molar-refractivity contribution in [3.05, 3.63) is 35.6 Å². The number of fused-ring (bicyclic) bond motifs is 1. The Labute approximate surface area is 179 Å². The molecule has 0 saturated carbocycles. The molecular formula is C24H35N3O3. The zero-order valence-electron chi connectivity index (χ0n) is 19.0. The molecule has 0 unspecified atom stereocenters. The molecule has 0 radical (unpaired) electrons. The summed E-state index contributed by atoms with van der Waals surface area (Å²) in [5.41, 5.74) is 2.08. The molecule has 6 nitrogen and oxygen atoms in total. The summed E-state index contributed by atoms with van der Waals surface area (Å²) in [7, 11) is 3.84. The lowest BCUT2D eigenvalue weighted by Gasteiger charge is -2.35. The number of piperidine rings is 1. The molecule has 2 amide bonds. The van der Waals surface area contributed by atoms with E-state index in [1.54, 1.807) is 0 Å². The van der Waals surface area contributed by atoms with Crippen molar-refractivity contribution in [3.63, 3.8) is 0 Å². The number of likely N-dealkylation sites (tertiary alicyclic amines) is 1. The lowest BCUT2D eigenvalue weighted by atomic mass is 9.95. The molecule has 0 aliphatic carbocycles. The van der Waals surface area contributed by atoms with Crippen molar-refractivity contribution in [1.29, 1.82) is 0 Å². The van der Waals surface area contributed by atoms with Crippen molar-refractivity contribution in [2.24, 2.45) is 5.92 Å². The summed E-state index contributed by atoms with van der Waals surface area (Å²) in [6.07, 6.45) is 2.33. The van der Waals surface area contributed by atoms with Crippen molar-refractivity contribution < 1.29 is 14.0 Å². The van der Waals surface area contributed by atoms with E-state index in [9.17, 15) is 9.59 Å². The molecule has 164 valence electrons. The lowest BCUT2D eigenvalue weighted by molar-refractivity contribution is -0.141. The Hall–Kier alpha value is -2.34. The highest BCUT2D eigenvalue weighted by Crippen LogP contribution is 2.27. The summed E-state index contributed by atoms with van der Waals surface area (Å²) in [4.78, 5) is 31.2. The van der Waals surface area contributed by atoms with Crippen LogP contribution in [0.25, 0.3) is 11.0 Å². The molecule has 0 bridgehead atoms. The maximum absolute atomic E-state index is 12.8. The number of carbonyl (C=O) groups excluding carboxylic acids is 2. The van der Waals surface area contributed by atoms with Crippen LogP contribution in [0.3, 0.4) is 0 Å². The predicted molar refractivity (Wildman–Crippen MR) is 119 cm³/mol. The fourth-order valence-corrected chi connectivity index (χ4v) is 4.18. The zero-order valence-corrected chi connectivity index (χ0v) is 19.0. The molecule has 2 heterocycles. The largest absolute Gasteiger partial charge is 0.461 e. The maximum Gasteiger partial charge on any atom is 0.236 e. The van der Waals surface area contributed by atoms with Crippen molar-refractivity contribution in [1.82, 2.24) is 14.7 Å². The zero-order chi connectivity index (χ0) is 21.8. The Morgan fingerprint density at radius 3 is 2.47 bits per heavy atom. The van der Waals surface area contributed by atoms with E-state index in [-0.39, 0.29) is 23.8 Å². The SMILES string of the molecule is CCc1oc2ccccc2c1CN(C)CC(=O)N1CCC(C(=O)N(C)C(C)C)CC1. The molecule has 6 heteroatoms. The van der Waals surface area contributed by atoms with E-state index in [0.717, 1.165) is 36.0 Å². The molecule has 1 fully saturated rings. The summed E-state index contributed by atoms with van der Waals surface area (Å²) in [5, 5.41) is 1.13. The number of carbonyl (C=O) groups is 2. The molecular weight excluding hydrogens is 378 g/mol. The molecule has 1 saturated heterocycles. The van der Waals surface area contributed by atoms with Crippen LogP contribution in [0.15, 0.2) is 28.7 Å². The van der Waals surface area contributed by atoms with Crippen LogP contribution in [0.4, 0.5) is 0 Å². The average Bonchev–Trinajstić information content (AvgIpc) is 3.10. The summed E-state index contributed by atoms with van der Waals surface area (Å²) >= 11 is 0. The summed E-state index contributed by atoms with van der Waals surface area (Å²) in [6, 6.07) is 8.28. The molecule has 1 aromatic carbocycles. The third-order valence-corrected chi connectivity index (χ3v) is 6.26. The average molecular weight is 414 g/mol. The normalized spacial score (nSPS) is 15.4. The minimum absolute atomic E-state index is 0.0311. The van der Waals surface area contributed by atoms with E-state index in [4.69, 9.17) is 4.42 Å². The number of para-hydroxylation sites is 1. The second-order valence-corrected chi connectivity index (χ2v) is 8.72. The molecule has 2 aromatic rings. The number of hydrogen-bond donors (Lipinski definition) is 0. The molecule has 3 rings (SSSR count). The van der Waals surface area contributed by atoms with Crippen LogP contribution in [0.2, 0.25) is 0 Å². The number of hydrogen-bond acceptors (Lipinski definition) is 4. The number of furan rings is 1. The third-order valence-electron chi connectivity index (χ3n) is 6.26. The number of benzene rings is 1. The van der Waals surface area contributed by atoms with Gasteiger partial charge in [-0.15, -0.1) is 0 Å². The molecule has 1 aliphatic rings. The Balaban J connectivity index is 1.55. The molecule has 1 aliphatic heterocycles. The first-order valence-corrected chi connectivity index (χ1v) is 11.0. The first kappa shape index (κ1) is 22.3. The van der Waals surface area contributed by atoms with Gasteiger partial charge in [-0.25, -0.2) is 0 Å². The van der Waals surface area contributed by atoms with E-state index >= 15 is 0 Å². The molecule has 0 atom stereocenters. The van der Waals surface area contributed by atoms with Gasteiger partial charge >= 0.3 is 0 Å². The van der Waals surface area contributed by atoms with Gasteiger partial charge in [0.05, 0.1) is 6.54 Å². The molecule has 0 N–H and O–H groups in total. The summed E-state index contributed by atoms with van der Waals surface area (Å²) in [6.45, 7) is 8.51. The van der Waals surface area contributed by atoms with Crippen LogP contribution < -0.4 is 0 Å². The number of aryl methyl sites for hydroxylation is 1. The van der Waals surface area contributed by atoms with Gasteiger partial charge in [-0.3, -0.25) is 14.5 Å². The Morgan fingerprint density at radius 1 is 1.17 bits per heavy atom. The van der Waals surface area contributed by atoms with Crippen LogP contribution in [-0.4, -0.2) is 66.3 Å². The van der Waals surface area contributed by atoms with E-state index < -0.39 is 0 Å². The third kappa shape index (κ3) is 4.86. The quantitative estimate of drug-likeness (QED) is 0.697. The van der Waals surface area contributed by atoms with Crippen LogP contribution in [0.1, 0.15) is 44.9 Å². The van der Waals surface area contributed by atoms with Gasteiger partial charge in [0.25, 0.3) is 0 Å². The monoisotopic (exact) mass is 413 g/mol. The highest BCUT2D eigenvalue weighted by atomic mass is 16.3. The number of likely N-dealkylation sites (N-methyl/N-ethyl adjacent to an activating group) is 1. The predicted octanol–water partition coefficient (Wildman–Crippen LogP) is 3.53. The molecule has 0 spiro atoms. The van der Waals surface area contributed by atoms with Gasteiger partial charge in [-0.2, -0.15) is 0 Å². The number of rotatable bonds is 7. The Bertz CT molecular complexity index is 881. The van der Waals surface area contributed by atoms with Gasteiger partial charge in [0.1, 0.15) is 11.3 Å². The van der Waals surface area contributed by atoms with Gasteiger partial charge in [0.15, 0.2) is 0 Å². The van der Waals surface area contributed by atoms with E-state index in [2.05, 4.69) is 17.9 Å². The van der Waals surface area contributed by atoms with Gasteiger partial charge in [-0.1, -0.05) is 25.1 Å². The van der Waals surface area contributed by atoms with Crippen LogP contribution in [0.5, 0.6) is 0 Å². The van der Waals surface area contributed by atoms with E-state index in [1.807, 2.05) is 55.9 Å². The Morgan fingerprint density at radius 2 is 1.83 bits per heavy atom. The summed E-state index contributed by atoms with van der Waals surface area (Å²) < 4.78 is 5.98. The van der Waals surface area contributed by atoms with Gasteiger partial charge < -0.3 is 14.2 Å². The highest BCUT2D eigenvalue weighted by Gasteiger charge is 2.30. The van der Waals surface area contributed by atoms with Crippen molar-refractivity contribution >= 4 is 22.8 Å². The Kier molecular flexibility index (Phi) is 7.19. The first-order chi connectivity index (χ1) is 14.3. The fourth-order valence-electron chi connectivity index (χ4n) is 4.18. The lowest BCUT2D eigenvalue weighted by Crippen LogP contribution is -2.47. The second kappa shape index (κ2) is 9.65. The minimum Gasteiger partial charge on any atom is -0.461 e. The van der Waals surface area contributed by atoms with Crippen LogP contribution in [-0.2, 0) is 22.6 Å². The molecule has 30 heavy (non-hydrogen) atoms. The number of amides is 2. The van der Waals surface area contributed by atoms with Gasteiger partial charge in [0.2, 0.25) is 11.8 Å². The second-order valence-electron chi connectivity index (χ2n) is 8.72.